The lowest BCUT2D eigenvalue weighted by Gasteiger charge is -2.17. The summed E-state index contributed by atoms with van der Waals surface area (Å²) in [5.41, 5.74) is 3.97. The van der Waals surface area contributed by atoms with Gasteiger partial charge >= 0.3 is 5.69 Å². The highest BCUT2D eigenvalue weighted by molar-refractivity contribution is 5.96. The number of hydrogen-bond acceptors (Lipinski definition) is 3. The molecule has 0 unspecified atom stereocenters. The average molecular weight is 363 g/mol. The first kappa shape index (κ1) is 17.1. The Bertz CT molecular complexity index is 1210. The Morgan fingerprint density at radius 2 is 1.81 bits per heavy atom. The maximum absolute atomic E-state index is 12.9. The number of nitrogens with one attached hydrogen (secondary N) is 1. The molecule has 4 rings (SSSR count). The summed E-state index contributed by atoms with van der Waals surface area (Å²) in [6.07, 6.45) is 2.35. The molecule has 7 nitrogen and oxygen atoms in total. The molecular formula is C20H21N5O2. The summed E-state index contributed by atoms with van der Waals surface area (Å²) in [6.45, 7) is 1.98. The number of aromatic nitrogens is 4. The van der Waals surface area contributed by atoms with Crippen molar-refractivity contribution in [2.75, 3.05) is 5.32 Å². The fourth-order valence-electron chi connectivity index (χ4n) is 3.55. The van der Waals surface area contributed by atoms with Crippen LogP contribution in [0.4, 0.5) is 5.69 Å². The first-order valence-corrected chi connectivity index (χ1v) is 8.89. The standard InChI is InChI=1S/C20H21N5O2/c1-4-15(25-12-21-14-7-5-6-8-16(14)25)19(26)22-13-9-10-17-18(11-13)24(3)20(27)23(17)2/h5-12,15H,4H2,1-3H3,(H,22,26)/t15-/m1/s1. The van der Waals surface area contributed by atoms with Crippen LogP contribution in [-0.4, -0.2) is 24.6 Å². The number of anilines is 1. The van der Waals surface area contributed by atoms with E-state index in [1.807, 2.05) is 54.0 Å². The van der Waals surface area contributed by atoms with Gasteiger partial charge in [0.2, 0.25) is 5.91 Å². The van der Waals surface area contributed by atoms with Crippen molar-refractivity contribution < 1.29 is 4.79 Å². The molecule has 0 radical (unpaired) electrons. The van der Waals surface area contributed by atoms with Gasteiger partial charge in [-0.15, -0.1) is 0 Å². The molecule has 0 saturated heterocycles. The summed E-state index contributed by atoms with van der Waals surface area (Å²) < 4.78 is 5.07. The highest BCUT2D eigenvalue weighted by Gasteiger charge is 2.21. The predicted molar refractivity (Wildman–Crippen MR) is 106 cm³/mol. The molecule has 0 saturated carbocycles. The Kier molecular flexibility index (Phi) is 4.07. The molecule has 0 spiro atoms. The van der Waals surface area contributed by atoms with Crippen molar-refractivity contribution in [2.45, 2.75) is 19.4 Å². The van der Waals surface area contributed by atoms with Crippen molar-refractivity contribution >= 4 is 33.7 Å². The van der Waals surface area contributed by atoms with E-state index in [1.54, 1.807) is 29.6 Å². The zero-order valence-corrected chi connectivity index (χ0v) is 15.5. The second kappa shape index (κ2) is 6.42. The zero-order valence-electron chi connectivity index (χ0n) is 15.5. The SMILES string of the molecule is CC[C@H](C(=O)Nc1ccc2c(c1)n(C)c(=O)n2C)n1cnc2ccccc21. The molecule has 1 amide bonds. The Morgan fingerprint density at radius 3 is 2.59 bits per heavy atom. The number of aryl methyl sites for hydroxylation is 2. The fourth-order valence-corrected chi connectivity index (χ4v) is 3.55. The summed E-state index contributed by atoms with van der Waals surface area (Å²) in [7, 11) is 3.46. The Morgan fingerprint density at radius 1 is 1.07 bits per heavy atom. The van der Waals surface area contributed by atoms with Gasteiger partial charge in [0.05, 0.1) is 28.4 Å². The maximum Gasteiger partial charge on any atom is 0.328 e. The average Bonchev–Trinajstić information content (AvgIpc) is 3.19. The van der Waals surface area contributed by atoms with Gasteiger partial charge in [0.1, 0.15) is 6.04 Å². The number of carbonyl (C=O) groups excluding carboxylic acids is 1. The van der Waals surface area contributed by atoms with E-state index in [4.69, 9.17) is 0 Å². The monoisotopic (exact) mass is 363 g/mol. The smallest absolute Gasteiger partial charge is 0.324 e. The fraction of sp³-hybridized carbons (Fsp3) is 0.250. The van der Waals surface area contributed by atoms with Crippen molar-refractivity contribution in [1.82, 2.24) is 18.7 Å². The van der Waals surface area contributed by atoms with Gasteiger partial charge in [-0.25, -0.2) is 9.78 Å². The van der Waals surface area contributed by atoms with Gasteiger partial charge in [0, 0.05) is 19.8 Å². The molecule has 0 aliphatic rings. The maximum atomic E-state index is 12.9. The lowest BCUT2D eigenvalue weighted by atomic mass is 10.2. The van der Waals surface area contributed by atoms with Gasteiger partial charge in [-0.3, -0.25) is 13.9 Å². The van der Waals surface area contributed by atoms with Crippen LogP contribution < -0.4 is 11.0 Å². The third kappa shape index (κ3) is 2.71. The summed E-state index contributed by atoms with van der Waals surface area (Å²) in [6, 6.07) is 12.9. The van der Waals surface area contributed by atoms with Gasteiger partial charge in [-0.1, -0.05) is 19.1 Å². The normalized spacial score (nSPS) is 12.6. The zero-order chi connectivity index (χ0) is 19.1. The molecule has 1 atom stereocenters. The van der Waals surface area contributed by atoms with Crippen LogP contribution >= 0.6 is 0 Å². The lowest BCUT2D eigenvalue weighted by molar-refractivity contribution is -0.119. The minimum atomic E-state index is -0.368. The molecule has 2 aromatic heterocycles. The molecule has 1 N–H and O–H groups in total. The van der Waals surface area contributed by atoms with E-state index in [0.717, 1.165) is 22.1 Å². The summed E-state index contributed by atoms with van der Waals surface area (Å²) in [4.78, 5) is 29.4. The molecule has 138 valence electrons. The topological polar surface area (TPSA) is 73.8 Å². The van der Waals surface area contributed by atoms with E-state index >= 15 is 0 Å². The van der Waals surface area contributed by atoms with Crippen LogP contribution in [-0.2, 0) is 18.9 Å². The summed E-state index contributed by atoms with van der Waals surface area (Å²) >= 11 is 0. The Hall–Kier alpha value is -3.35. The first-order chi connectivity index (χ1) is 13.0. The molecule has 0 aliphatic carbocycles. The van der Waals surface area contributed by atoms with E-state index < -0.39 is 0 Å². The van der Waals surface area contributed by atoms with Gasteiger partial charge in [-0.05, 0) is 36.8 Å². The number of carbonyl (C=O) groups is 1. The molecule has 27 heavy (non-hydrogen) atoms. The first-order valence-electron chi connectivity index (χ1n) is 8.89. The molecular weight excluding hydrogens is 342 g/mol. The number of hydrogen-bond donors (Lipinski definition) is 1. The molecule has 0 fully saturated rings. The van der Waals surface area contributed by atoms with Gasteiger partial charge in [0.25, 0.3) is 0 Å². The van der Waals surface area contributed by atoms with Crippen LogP contribution in [0.1, 0.15) is 19.4 Å². The van der Waals surface area contributed by atoms with Crippen molar-refractivity contribution in [3.63, 3.8) is 0 Å². The van der Waals surface area contributed by atoms with Crippen molar-refractivity contribution in [3.8, 4) is 0 Å². The van der Waals surface area contributed by atoms with E-state index in [2.05, 4.69) is 10.3 Å². The van der Waals surface area contributed by atoms with Crippen LogP contribution in [0.25, 0.3) is 22.1 Å². The highest BCUT2D eigenvalue weighted by atomic mass is 16.2. The van der Waals surface area contributed by atoms with E-state index in [9.17, 15) is 9.59 Å². The van der Waals surface area contributed by atoms with E-state index in [-0.39, 0.29) is 17.6 Å². The number of benzene rings is 2. The van der Waals surface area contributed by atoms with Gasteiger partial charge in [0.15, 0.2) is 0 Å². The number of fused-ring (bicyclic) bond motifs is 2. The molecule has 2 aromatic carbocycles. The van der Waals surface area contributed by atoms with Crippen molar-refractivity contribution in [3.05, 3.63) is 59.3 Å². The largest absolute Gasteiger partial charge is 0.328 e. The third-order valence-electron chi connectivity index (χ3n) is 5.05. The Balaban J connectivity index is 1.67. The van der Waals surface area contributed by atoms with Crippen LogP contribution in [0.3, 0.4) is 0 Å². The minimum absolute atomic E-state index is 0.0928. The second-order valence-corrected chi connectivity index (χ2v) is 6.66. The molecule has 4 aromatic rings. The number of imidazole rings is 2. The highest BCUT2D eigenvalue weighted by Crippen LogP contribution is 2.23. The van der Waals surface area contributed by atoms with Crippen LogP contribution in [0, 0.1) is 0 Å². The van der Waals surface area contributed by atoms with Crippen molar-refractivity contribution in [2.24, 2.45) is 14.1 Å². The van der Waals surface area contributed by atoms with Crippen LogP contribution in [0.15, 0.2) is 53.6 Å². The number of rotatable bonds is 4. The third-order valence-corrected chi connectivity index (χ3v) is 5.05. The molecule has 2 heterocycles. The van der Waals surface area contributed by atoms with E-state index in [0.29, 0.717) is 12.1 Å². The van der Waals surface area contributed by atoms with Crippen LogP contribution in [0.5, 0.6) is 0 Å². The summed E-state index contributed by atoms with van der Waals surface area (Å²) in [5, 5.41) is 2.98. The minimum Gasteiger partial charge on any atom is -0.324 e. The molecule has 0 bridgehead atoms. The second-order valence-electron chi connectivity index (χ2n) is 6.66. The van der Waals surface area contributed by atoms with Crippen LogP contribution in [0.2, 0.25) is 0 Å². The van der Waals surface area contributed by atoms with Gasteiger partial charge < -0.3 is 9.88 Å². The van der Waals surface area contributed by atoms with Crippen molar-refractivity contribution in [1.29, 1.82) is 0 Å². The quantitative estimate of drug-likeness (QED) is 0.606. The lowest BCUT2D eigenvalue weighted by Crippen LogP contribution is -2.25. The number of para-hydroxylation sites is 2. The number of amides is 1. The van der Waals surface area contributed by atoms with E-state index in [1.165, 1.54) is 0 Å². The molecule has 0 aliphatic heterocycles. The predicted octanol–water partition coefficient (Wildman–Crippen LogP) is 2.82. The van der Waals surface area contributed by atoms with Gasteiger partial charge in [-0.2, -0.15) is 0 Å². The number of nitrogens with zero attached hydrogens (tertiary/aromatic N) is 4. The summed E-state index contributed by atoms with van der Waals surface area (Å²) in [5.74, 6) is -0.110. The molecule has 7 heteroatoms. The Labute approximate surface area is 155 Å².